The fourth-order valence-corrected chi connectivity index (χ4v) is 2.81. The van der Waals surface area contributed by atoms with Crippen LogP contribution in [0.4, 0.5) is 11.6 Å². The van der Waals surface area contributed by atoms with Crippen LogP contribution in [0.3, 0.4) is 0 Å². The van der Waals surface area contributed by atoms with Crippen LogP contribution in [0.2, 0.25) is 5.02 Å². The molecule has 0 spiro atoms. The number of nitrogens with one attached hydrogen (secondary N) is 2. The Morgan fingerprint density at radius 3 is 2.52 bits per heavy atom. The minimum atomic E-state index is -3.77. The van der Waals surface area contributed by atoms with Gasteiger partial charge in [-0.05, 0) is 31.5 Å². The number of anilines is 2. The van der Waals surface area contributed by atoms with Crippen molar-refractivity contribution in [1.29, 1.82) is 0 Å². The summed E-state index contributed by atoms with van der Waals surface area (Å²) in [7, 11) is -3.77. The van der Waals surface area contributed by atoms with Crippen molar-refractivity contribution in [2.75, 3.05) is 16.6 Å². The summed E-state index contributed by atoms with van der Waals surface area (Å²) in [4.78, 5) is 7.86. The number of rotatable bonds is 5. The zero-order chi connectivity index (χ0) is 15.5. The first-order valence-corrected chi connectivity index (χ1v) is 8.13. The fraction of sp³-hybridized carbons (Fsp3) is 0.231. The molecule has 2 N–H and O–H groups in total. The van der Waals surface area contributed by atoms with Crippen molar-refractivity contribution in [2.24, 2.45) is 0 Å². The van der Waals surface area contributed by atoms with Crippen LogP contribution in [-0.4, -0.2) is 24.9 Å². The van der Waals surface area contributed by atoms with Gasteiger partial charge in [0.25, 0.3) is 10.0 Å². The van der Waals surface area contributed by atoms with Crippen LogP contribution in [0.5, 0.6) is 0 Å². The Kier molecular flexibility index (Phi) is 4.64. The molecule has 1 aromatic carbocycles. The van der Waals surface area contributed by atoms with E-state index in [9.17, 15) is 8.42 Å². The van der Waals surface area contributed by atoms with E-state index in [0.717, 1.165) is 5.56 Å². The van der Waals surface area contributed by atoms with Gasteiger partial charge >= 0.3 is 0 Å². The highest BCUT2D eigenvalue weighted by Crippen LogP contribution is 2.25. The Labute approximate surface area is 128 Å². The second-order valence-electron chi connectivity index (χ2n) is 4.36. The minimum Gasteiger partial charge on any atom is -0.355 e. The van der Waals surface area contributed by atoms with Crippen molar-refractivity contribution >= 4 is 33.3 Å². The lowest BCUT2D eigenvalue weighted by Gasteiger charge is -2.10. The van der Waals surface area contributed by atoms with Crippen molar-refractivity contribution in [3.05, 3.63) is 41.2 Å². The molecule has 1 aromatic heterocycles. The SMILES string of the molecule is CCNc1ncc(S(=O)(=O)Nc2cc(C)ccc2Cl)cn1. The molecule has 0 aliphatic heterocycles. The average molecular weight is 327 g/mol. The van der Waals surface area contributed by atoms with Crippen LogP contribution in [0, 0.1) is 6.92 Å². The van der Waals surface area contributed by atoms with E-state index in [1.807, 2.05) is 13.8 Å². The summed E-state index contributed by atoms with van der Waals surface area (Å²) >= 11 is 5.99. The maximum atomic E-state index is 12.3. The molecule has 0 unspecified atom stereocenters. The molecule has 1 heterocycles. The third kappa shape index (κ3) is 3.83. The molecule has 2 aromatic rings. The molecule has 2 rings (SSSR count). The van der Waals surface area contributed by atoms with Crippen LogP contribution < -0.4 is 10.0 Å². The summed E-state index contributed by atoms with van der Waals surface area (Å²) in [6.45, 7) is 4.40. The van der Waals surface area contributed by atoms with Gasteiger partial charge < -0.3 is 5.32 Å². The molecule has 21 heavy (non-hydrogen) atoms. The van der Waals surface area contributed by atoms with Gasteiger partial charge in [0.1, 0.15) is 4.90 Å². The number of hydrogen-bond acceptors (Lipinski definition) is 5. The van der Waals surface area contributed by atoms with Crippen molar-refractivity contribution in [3.8, 4) is 0 Å². The molecular formula is C13H15ClN4O2S. The van der Waals surface area contributed by atoms with Gasteiger partial charge in [0.2, 0.25) is 5.95 Å². The van der Waals surface area contributed by atoms with Gasteiger partial charge in [-0.1, -0.05) is 17.7 Å². The molecule has 0 fully saturated rings. The first-order valence-electron chi connectivity index (χ1n) is 6.27. The fourth-order valence-electron chi connectivity index (χ4n) is 1.63. The number of benzene rings is 1. The molecule has 0 bridgehead atoms. The number of hydrogen-bond donors (Lipinski definition) is 2. The third-order valence-electron chi connectivity index (χ3n) is 2.64. The Morgan fingerprint density at radius 1 is 1.24 bits per heavy atom. The highest BCUT2D eigenvalue weighted by molar-refractivity contribution is 7.92. The number of sulfonamides is 1. The normalized spacial score (nSPS) is 11.2. The van der Waals surface area contributed by atoms with Crippen molar-refractivity contribution in [3.63, 3.8) is 0 Å². The van der Waals surface area contributed by atoms with Gasteiger partial charge in [-0.3, -0.25) is 4.72 Å². The maximum Gasteiger partial charge on any atom is 0.265 e. The summed E-state index contributed by atoms with van der Waals surface area (Å²) in [6.07, 6.45) is 2.49. The molecule has 6 nitrogen and oxygen atoms in total. The van der Waals surface area contributed by atoms with E-state index in [-0.39, 0.29) is 4.90 Å². The second kappa shape index (κ2) is 6.28. The highest BCUT2D eigenvalue weighted by atomic mass is 35.5. The van der Waals surface area contributed by atoms with Gasteiger partial charge in [0.05, 0.1) is 23.1 Å². The molecular weight excluding hydrogens is 312 g/mol. The summed E-state index contributed by atoms with van der Waals surface area (Å²) in [5, 5.41) is 3.22. The maximum absolute atomic E-state index is 12.3. The Balaban J connectivity index is 2.27. The molecule has 0 amide bonds. The van der Waals surface area contributed by atoms with Gasteiger partial charge in [-0.15, -0.1) is 0 Å². The van der Waals surface area contributed by atoms with Crippen LogP contribution >= 0.6 is 11.6 Å². The lowest BCUT2D eigenvalue weighted by atomic mass is 10.2. The van der Waals surface area contributed by atoms with Gasteiger partial charge in [0, 0.05) is 6.54 Å². The van der Waals surface area contributed by atoms with E-state index in [1.54, 1.807) is 18.2 Å². The molecule has 0 aliphatic rings. The van der Waals surface area contributed by atoms with Crippen LogP contribution in [0.15, 0.2) is 35.5 Å². The monoisotopic (exact) mass is 326 g/mol. The Hall–Kier alpha value is -1.86. The summed E-state index contributed by atoms with van der Waals surface area (Å²) in [5.74, 6) is 0.380. The zero-order valence-corrected chi connectivity index (χ0v) is 13.2. The first kappa shape index (κ1) is 15.5. The molecule has 0 atom stereocenters. The smallest absolute Gasteiger partial charge is 0.265 e. The topological polar surface area (TPSA) is 84.0 Å². The molecule has 8 heteroatoms. The van der Waals surface area contributed by atoms with Crippen LogP contribution in [0.1, 0.15) is 12.5 Å². The van der Waals surface area contributed by atoms with Crippen LogP contribution in [0.25, 0.3) is 0 Å². The number of nitrogens with zero attached hydrogens (tertiary/aromatic N) is 2. The zero-order valence-electron chi connectivity index (χ0n) is 11.6. The van der Waals surface area contributed by atoms with Crippen LogP contribution in [-0.2, 0) is 10.0 Å². The largest absolute Gasteiger partial charge is 0.355 e. The predicted molar refractivity (Wildman–Crippen MR) is 83.2 cm³/mol. The Morgan fingerprint density at radius 2 is 1.90 bits per heavy atom. The van der Waals surface area contributed by atoms with Gasteiger partial charge in [-0.25, -0.2) is 18.4 Å². The molecule has 0 saturated heterocycles. The van der Waals surface area contributed by atoms with E-state index >= 15 is 0 Å². The molecule has 0 aliphatic carbocycles. The van der Waals surface area contributed by atoms with Gasteiger partial charge in [-0.2, -0.15) is 0 Å². The molecule has 112 valence electrons. The average Bonchev–Trinajstić information content (AvgIpc) is 2.44. The third-order valence-corrected chi connectivity index (χ3v) is 4.29. The Bertz CT molecular complexity index is 732. The van der Waals surface area contributed by atoms with E-state index in [1.165, 1.54) is 12.4 Å². The van der Waals surface area contributed by atoms with Crippen molar-refractivity contribution in [1.82, 2.24) is 9.97 Å². The van der Waals surface area contributed by atoms with E-state index in [4.69, 9.17) is 11.6 Å². The lowest BCUT2D eigenvalue weighted by Crippen LogP contribution is -2.14. The van der Waals surface area contributed by atoms with Gasteiger partial charge in [0.15, 0.2) is 0 Å². The summed E-state index contributed by atoms with van der Waals surface area (Å²) in [5.41, 5.74) is 1.23. The first-order chi connectivity index (χ1) is 9.92. The van der Waals surface area contributed by atoms with E-state index in [0.29, 0.717) is 23.2 Å². The predicted octanol–water partition coefficient (Wildman–Crippen LogP) is 2.67. The van der Waals surface area contributed by atoms with Crippen molar-refractivity contribution in [2.45, 2.75) is 18.7 Å². The number of aromatic nitrogens is 2. The highest BCUT2D eigenvalue weighted by Gasteiger charge is 2.17. The molecule has 0 radical (unpaired) electrons. The minimum absolute atomic E-state index is 0.0262. The number of halogens is 1. The van der Waals surface area contributed by atoms with E-state index < -0.39 is 10.0 Å². The van der Waals surface area contributed by atoms with Crippen molar-refractivity contribution < 1.29 is 8.42 Å². The van der Waals surface area contributed by atoms with E-state index in [2.05, 4.69) is 20.0 Å². The quantitative estimate of drug-likeness (QED) is 0.882. The standard InChI is InChI=1S/C13H15ClN4O2S/c1-3-15-13-16-7-10(8-17-13)21(19,20)18-12-6-9(2)4-5-11(12)14/h4-8,18H,3H2,1-2H3,(H,15,16,17). The summed E-state index contributed by atoms with van der Waals surface area (Å²) < 4.78 is 27.0. The second-order valence-corrected chi connectivity index (χ2v) is 6.45. The lowest BCUT2D eigenvalue weighted by molar-refractivity contribution is 0.600. The number of aryl methyl sites for hydroxylation is 1. The molecule has 0 saturated carbocycles. The summed E-state index contributed by atoms with van der Waals surface area (Å²) in [6, 6.07) is 5.10.